The average molecular weight is 469 g/mol. The van der Waals surface area contributed by atoms with E-state index in [0.29, 0.717) is 18.3 Å². The molecule has 3 aromatic carbocycles. The van der Waals surface area contributed by atoms with Crippen molar-refractivity contribution in [1.29, 1.82) is 0 Å². The molecule has 0 saturated carbocycles. The third-order valence-electron chi connectivity index (χ3n) is 5.92. The summed E-state index contributed by atoms with van der Waals surface area (Å²) < 4.78 is 5.76. The van der Waals surface area contributed by atoms with Gasteiger partial charge >= 0.3 is 6.03 Å². The lowest BCUT2D eigenvalue weighted by Gasteiger charge is -2.35. The zero-order valence-electron chi connectivity index (χ0n) is 18.9. The zero-order valence-corrected chi connectivity index (χ0v) is 19.8. The maximum Gasteiger partial charge on any atom is 0.322 e. The van der Waals surface area contributed by atoms with Crippen molar-refractivity contribution < 1.29 is 9.32 Å². The van der Waals surface area contributed by atoms with Crippen molar-refractivity contribution in [3.63, 3.8) is 0 Å². The van der Waals surface area contributed by atoms with Gasteiger partial charge in [-0.1, -0.05) is 78.0 Å². The van der Waals surface area contributed by atoms with Crippen molar-refractivity contribution in [2.24, 2.45) is 0 Å². The summed E-state index contributed by atoms with van der Waals surface area (Å²) in [6, 6.07) is 27.2. The second kappa shape index (κ2) is 9.57. The Kier molecular flexibility index (Phi) is 6.18. The summed E-state index contributed by atoms with van der Waals surface area (Å²) in [6.07, 6.45) is 2.04. The van der Waals surface area contributed by atoms with Gasteiger partial charge in [-0.3, -0.25) is 4.90 Å². The lowest BCUT2D eigenvalue weighted by molar-refractivity contribution is 0.203. The number of allylic oxidation sites excluding steroid dienone is 1. The molecule has 1 unspecified atom stereocenters. The van der Waals surface area contributed by atoms with Crippen LogP contribution in [0.3, 0.4) is 0 Å². The fourth-order valence-corrected chi connectivity index (χ4v) is 4.51. The highest BCUT2D eigenvalue weighted by Gasteiger charge is 2.35. The molecule has 1 aromatic heterocycles. The highest BCUT2D eigenvalue weighted by atomic mass is 32.2. The van der Waals surface area contributed by atoms with E-state index in [0.717, 1.165) is 32.9 Å². The fourth-order valence-electron chi connectivity index (χ4n) is 4.10. The van der Waals surface area contributed by atoms with Crippen LogP contribution in [0, 0.1) is 0 Å². The minimum atomic E-state index is -0.403. The minimum Gasteiger partial charge on any atom is -0.334 e. The Morgan fingerprint density at radius 2 is 1.65 bits per heavy atom. The minimum absolute atomic E-state index is 0.160. The van der Waals surface area contributed by atoms with Crippen molar-refractivity contribution in [3.05, 3.63) is 108 Å². The van der Waals surface area contributed by atoms with Crippen LogP contribution in [0.15, 0.2) is 100 Å². The Morgan fingerprint density at radius 1 is 0.971 bits per heavy atom. The number of aromatic nitrogens is 2. The Morgan fingerprint density at radius 3 is 2.32 bits per heavy atom. The van der Waals surface area contributed by atoms with E-state index >= 15 is 0 Å². The second-order valence-corrected chi connectivity index (χ2v) is 8.90. The third-order valence-corrected chi connectivity index (χ3v) is 6.66. The van der Waals surface area contributed by atoms with Crippen LogP contribution in [-0.2, 0) is 6.54 Å². The summed E-state index contributed by atoms with van der Waals surface area (Å²) in [5.74, 6) is 0.909. The first-order valence-electron chi connectivity index (χ1n) is 11.0. The number of nitrogens with one attached hydrogen (secondary N) is 1. The molecular formula is C27H24N4O2S. The summed E-state index contributed by atoms with van der Waals surface area (Å²) in [5.41, 5.74) is 4.45. The highest BCUT2D eigenvalue weighted by Crippen LogP contribution is 2.38. The Balaban J connectivity index is 1.59. The maximum atomic E-state index is 13.2. The number of hydrogen-bond donors (Lipinski definition) is 1. The number of thioether (sulfide) groups is 1. The Labute approximate surface area is 202 Å². The predicted octanol–water partition coefficient (Wildman–Crippen LogP) is 6.16. The van der Waals surface area contributed by atoms with Gasteiger partial charge in [-0.2, -0.15) is 4.98 Å². The molecule has 0 spiro atoms. The molecule has 6 nitrogen and oxygen atoms in total. The number of urea groups is 1. The lowest BCUT2D eigenvalue weighted by Crippen LogP contribution is -2.45. The first-order chi connectivity index (χ1) is 16.6. The quantitative estimate of drug-likeness (QED) is 0.343. The number of nitrogens with zero attached hydrogens (tertiary/aromatic N) is 3. The molecule has 1 atom stereocenters. The summed E-state index contributed by atoms with van der Waals surface area (Å²) >= 11 is 1.68. The van der Waals surface area contributed by atoms with Crippen molar-refractivity contribution in [1.82, 2.24) is 20.4 Å². The van der Waals surface area contributed by atoms with Gasteiger partial charge in [0.2, 0.25) is 5.82 Å². The standard InChI is InChI=1S/C27H24N4O2S/c1-18-23(26-29-25(30-33-26)21-11-7-4-8-12-21)24(20-13-15-22(34-2)16-14-20)28-27(32)31(18)17-19-9-5-3-6-10-19/h3-16,24H,17H2,1-2H3,(H,28,32). The van der Waals surface area contributed by atoms with Crippen LogP contribution in [0.1, 0.15) is 30.0 Å². The van der Waals surface area contributed by atoms with Gasteiger partial charge in [0.15, 0.2) is 0 Å². The molecule has 4 aromatic rings. The molecule has 1 N–H and O–H groups in total. The molecule has 0 saturated heterocycles. The highest BCUT2D eigenvalue weighted by molar-refractivity contribution is 7.98. The first kappa shape index (κ1) is 22.0. The van der Waals surface area contributed by atoms with E-state index in [-0.39, 0.29) is 6.03 Å². The van der Waals surface area contributed by atoms with Gasteiger partial charge < -0.3 is 9.84 Å². The molecule has 0 fully saturated rings. The number of benzene rings is 3. The summed E-state index contributed by atoms with van der Waals surface area (Å²) in [7, 11) is 0. The van der Waals surface area contributed by atoms with Gasteiger partial charge in [0.05, 0.1) is 18.2 Å². The fraction of sp³-hybridized carbons (Fsp3) is 0.148. The van der Waals surface area contributed by atoms with E-state index in [1.165, 1.54) is 0 Å². The van der Waals surface area contributed by atoms with Gasteiger partial charge in [0, 0.05) is 16.2 Å². The number of hydrogen-bond acceptors (Lipinski definition) is 5. The van der Waals surface area contributed by atoms with Gasteiger partial charge in [-0.05, 0) is 36.4 Å². The van der Waals surface area contributed by atoms with E-state index in [1.54, 1.807) is 16.7 Å². The van der Waals surface area contributed by atoms with E-state index in [4.69, 9.17) is 9.51 Å². The number of carbonyl (C=O) groups excluding carboxylic acids is 1. The number of carbonyl (C=O) groups is 1. The Bertz CT molecular complexity index is 1320. The summed E-state index contributed by atoms with van der Waals surface area (Å²) in [5, 5.41) is 7.39. The first-order valence-corrected chi connectivity index (χ1v) is 12.2. The molecule has 1 aliphatic heterocycles. The van der Waals surface area contributed by atoms with E-state index in [2.05, 4.69) is 22.6 Å². The van der Waals surface area contributed by atoms with Crippen LogP contribution in [0.5, 0.6) is 0 Å². The van der Waals surface area contributed by atoms with Crippen LogP contribution in [-0.4, -0.2) is 27.3 Å². The van der Waals surface area contributed by atoms with Gasteiger partial charge in [0.25, 0.3) is 5.89 Å². The van der Waals surface area contributed by atoms with Crippen molar-refractivity contribution >= 4 is 23.4 Å². The van der Waals surface area contributed by atoms with Crippen LogP contribution in [0.2, 0.25) is 0 Å². The maximum absolute atomic E-state index is 13.2. The summed E-state index contributed by atoms with van der Waals surface area (Å²) in [4.78, 5) is 20.8. The Hall–Kier alpha value is -3.84. The second-order valence-electron chi connectivity index (χ2n) is 8.02. The van der Waals surface area contributed by atoms with Gasteiger partial charge in [-0.25, -0.2) is 4.79 Å². The molecule has 170 valence electrons. The van der Waals surface area contributed by atoms with Gasteiger partial charge in [-0.15, -0.1) is 11.8 Å². The van der Waals surface area contributed by atoms with Crippen LogP contribution < -0.4 is 5.32 Å². The van der Waals surface area contributed by atoms with Crippen molar-refractivity contribution in [2.75, 3.05) is 6.26 Å². The lowest BCUT2D eigenvalue weighted by atomic mass is 9.94. The van der Waals surface area contributed by atoms with Crippen LogP contribution in [0.25, 0.3) is 17.0 Å². The molecule has 0 radical (unpaired) electrons. The van der Waals surface area contributed by atoms with Crippen LogP contribution >= 0.6 is 11.8 Å². The molecule has 0 aliphatic carbocycles. The largest absolute Gasteiger partial charge is 0.334 e. The van der Waals surface area contributed by atoms with Crippen molar-refractivity contribution in [2.45, 2.75) is 24.4 Å². The van der Waals surface area contributed by atoms with Gasteiger partial charge in [0.1, 0.15) is 0 Å². The summed E-state index contributed by atoms with van der Waals surface area (Å²) in [6.45, 7) is 2.38. The molecular weight excluding hydrogens is 444 g/mol. The third kappa shape index (κ3) is 4.34. The van der Waals surface area contributed by atoms with E-state index < -0.39 is 6.04 Å². The average Bonchev–Trinajstić information content (AvgIpc) is 3.37. The molecule has 0 bridgehead atoms. The van der Waals surface area contributed by atoms with Crippen molar-refractivity contribution in [3.8, 4) is 11.4 Å². The smallest absolute Gasteiger partial charge is 0.322 e. The van der Waals surface area contributed by atoms with E-state index in [1.807, 2.05) is 86.0 Å². The molecule has 5 rings (SSSR count). The van der Waals surface area contributed by atoms with Crippen LogP contribution in [0.4, 0.5) is 4.79 Å². The van der Waals surface area contributed by atoms with E-state index in [9.17, 15) is 4.79 Å². The topological polar surface area (TPSA) is 71.3 Å². The molecule has 2 heterocycles. The molecule has 7 heteroatoms. The SMILES string of the molecule is CSc1ccc(C2NC(=O)N(Cc3ccccc3)C(C)=C2c2nc(-c3ccccc3)no2)cc1. The molecule has 1 aliphatic rings. The predicted molar refractivity (Wildman–Crippen MR) is 134 cm³/mol. The molecule has 34 heavy (non-hydrogen) atoms. The number of rotatable bonds is 6. The normalized spacial score (nSPS) is 16.0. The zero-order chi connectivity index (χ0) is 23.5. The molecule has 2 amide bonds. The monoisotopic (exact) mass is 468 g/mol. The number of amides is 2.